The van der Waals surface area contributed by atoms with Crippen molar-refractivity contribution >= 4 is 29.0 Å². The minimum atomic E-state index is -1.27. The number of fused-ring (bicyclic) bond motifs is 3. The van der Waals surface area contributed by atoms with E-state index >= 15 is 0 Å². The number of esters is 2. The summed E-state index contributed by atoms with van der Waals surface area (Å²) in [6, 6.07) is 13.8. The maximum Gasteiger partial charge on any atom is 0.352 e. The Morgan fingerprint density at radius 3 is 2.45 bits per heavy atom. The van der Waals surface area contributed by atoms with Gasteiger partial charge in [0.25, 0.3) is 0 Å². The molecule has 0 radical (unpaired) electrons. The van der Waals surface area contributed by atoms with Gasteiger partial charge in [-0.3, -0.25) is 4.79 Å². The molecule has 1 aromatic heterocycles. The van der Waals surface area contributed by atoms with Crippen LogP contribution in [0.1, 0.15) is 19.4 Å². The highest BCUT2D eigenvalue weighted by atomic mass is 16.6. The van der Waals surface area contributed by atoms with Crippen LogP contribution in [0.5, 0.6) is 5.75 Å². The van der Waals surface area contributed by atoms with Gasteiger partial charge in [0.2, 0.25) is 6.10 Å². The van der Waals surface area contributed by atoms with Gasteiger partial charge in [-0.15, -0.1) is 0 Å². The molecule has 2 aromatic carbocycles. The Labute approximate surface area is 177 Å². The first kappa shape index (κ1) is 20.4. The molecule has 4 rings (SSSR count). The third kappa shape index (κ3) is 3.82. The fourth-order valence-electron chi connectivity index (χ4n) is 3.40. The van der Waals surface area contributed by atoms with Gasteiger partial charge in [-0.25, -0.2) is 9.59 Å². The number of rotatable bonds is 5. The van der Waals surface area contributed by atoms with E-state index in [4.69, 9.17) is 18.6 Å². The van der Waals surface area contributed by atoms with Crippen molar-refractivity contribution < 1.29 is 28.2 Å². The van der Waals surface area contributed by atoms with Crippen LogP contribution >= 0.6 is 0 Å². The molecule has 0 saturated heterocycles. The van der Waals surface area contributed by atoms with Gasteiger partial charge in [0.1, 0.15) is 17.1 Å². The molecule has 1 atom stereocenters. The predicted molar refractivity (Wildman–Crippen MR) is 114 cm³/mol. The van der Waals surface area contributed by atoms with E-state index in [9.17, 15) is 14.4 Å². The molecule has 0 fully saturated rings. The monoisotopic (exact) mass is 420 g/mol. The second-order valence-corrected chi connectivity index (χ2v) is 6.77. The minimum absolute atomic E-state index is 0.0203. The van der Waals surface area contributed by atoms with E-state index in [1.165, 1.54) is 12.1 Å². The highest BCUT2D eigenvalue weighted by Gasteiger charge is 2.36. The van der Waals surface area contributed by atoms with Gasteiger partial charge in [0.05, 0.1) is 29.7 Å². The summed E-state index contributed by atoms with van der Waals surface area (Å²) in [6.45, 7) is 3.59. The van der Waals surface area contributed by atoms with E-state index in [0.717, 1.165) is 5.56 Å². The Bertz CT molecular complexity index is 1240. The molecular weight excluding hydrogens is 400 g/mol. The zero-order valence-corrected chi connectivity index (χ0v) is 17.0. The topological polar surface area (TPSA) is 92.0 Å². The molecule has 0 amide bonds. The van der Waals surface area contributed by atoms with Crippen LogP contribution < -0.4 is 10.2 Å². The molecule has 0 saturated carbocycles. The first-order chi connectivity index (χ1) is 15.0. The molecule has 0 spiro atoms. The molecule has 158 valence electrons. The molecule has 7 heteroatoms. The molecule has 0 bridgehead atoms. The van der Waals surface area contributed by atoms with Crippen molar-refractivity contribution in [2.75, 3.05) is 13.2 Å². The largest absolute Gasteiger partial charge is 0.473 e. The lowest BCUT2D eigenvalue weighted by Gasteiger charge is -2.25. The maximum absolute atomic E-state index is 12.7. The fraction of sp³-hybridized carbons (Fsp3) is 0.208. The average Bonchev–Trinajstić information content (AvgIpc) is 2.78. The van der Waals surface area contributed by atoms with Crippen LogP contribution in [-0.2, 0) is 19.1 Å². The first-order valence-electron chi connectivity index (χ1n) is 9.91. The highest BCUT2D eigenvalue weighted by Crippen LogP contribution is 2.36. The number of hydrogen-bond acceptors (Lipinski definition) is 7. The van der Waals surface area contributed by atoms with Gasteiger partial charge >= 0.3 is 11.9 Å². The molecular formula is C24H20O7. The van der Waals surface area contributed by atoms with E-state index in [0.29, 0.717) is 22.5 Å². The molecule has 1 aliphatic heterocycles. The Balaban J connectivity index is 1.92. The van der Waals surface area contributed by atoms with Gasteiger partial charge in [0.15, 0.2) is 5.43 Å². The summed E-state index contributed by atoms with van der Waals surface area (Å²) in [5.41, 5.74) is 1.12. The molecule has 0 aliphatic carbocycles. The number of ether oxygens (including phenoxy) is 3. The molecule has 0 N–H and O–H groups in total. The zero-order chi connectivity index (χ0) is 22.0. The van der Waals surface area contributed by atoms with Crippen LogP contribution in [0.2, 0.25) is 0 Å². The van der Waals surface area contributed by atoms with Crippen molar-refractivity contribution in [3.05, 3.63) is 69.9 Å². The lowest BCUT2D eigenvalue weighted by molar-refractivity contribution is -0.153. The van der Waals surface area contributed by atoms with Crippen LogP contribution in [0.4, 0.5) is 0 Å². The van der Waals surface area contributed by atoms with Crippen LogP contribution in [-0.4, -0.2) is 31.3 Å². The van der Waals surface area contributed by atoms with Gasteiger partial charge < -0.3 is 18.6 Å². The lowest BCUT2D eigenvalue weighted by atomic mass is 9.99. The van der Waals surface area contributed by atoms with E-state index in [1.54, 1.807) is 26.0 Å². The summed E-state index contributed by atoms with van der Waals surface area (Å²) >= 11 is 0. The quantitative estimate of drug-likeness (QED) is 0.581. The smallest absolute Gasteiger partial charge is 0.352 e. The first-order valence-corrected chi connectivity index (χ1v) is 9.91. The number of benzene rings is 2. The van der Waals surface area contributed by atoms with Crippen molar-refractivity contribution in [2.45, 2.75) is 20.0 Å². The van der Waals surface area contributed by atoms with E-state index in [1.807, 2.05) is 30.3 Å². The Kier molecular flexibility index (Phi) is 5.58. The van der Waals surface area contributed by atoms with Crippen molar-refractivity contribution in [3.8, 4) is 17.1 Å². The summed E-state index contributed by atoms with van der Waals surface area (Å²) in [4.78, 5) is 37.7. The van der Waals surface area contributed by atoms with Crippen LogP contribution in [0.15, 0.2) is 63.3 Å². The van der Waals surface area contributed by atoms with Crippen LogP contribution in [0, 0.1) is 0 Å². The summed E-state index contributed by atoms with van der Waals surface area (Å²) in [5, 5.41) is 0.330. The third-order valence-electron chi connectivity index (χ3n) is 4.79. The summed E-state index contributed by atoms with van der Waals surface area (Å²) in [7, 11) is 0. The van der Waals surface area contributed by atoms with Crippen molar-refractivity contribution in [1.29, 1.82) is 0 Å². The number of hydrogen-bond donors (Lipinski definition) is 0. The van der Waals surface area contributed by atoms with Gasteiger partial charge in [-0.2, -0.15) is 0 Å². The zero-order valence-electron chi connectivity index (χ0n) is 17.0. The van der Waals surface area contributed by atoms with E-state index in [2.05, 4.69) is 0 Å². The second-order valence-electron chi connectivity index (χ2n) is 6.77. The highest BCUT2D eigenvalue weighted by molar-refractivity contribution is 6.05. The molecule has 1 aliphatic rings. The Morgan fingerprint density at radius 1 is 1.00 bits per heavy atom. The summed E-state index contributed by atoms with van der Waals surface area (Å²) in [6.07, 6.45) is 0.200. The van der Waals surface area contributed by atoms with Gasteiger partial charge in [-0.05, 0) is 32.1 Å². The Morgan fingerprint density at radius 2 is 1.74 bits per heavy atom. The summed E-state index contributed by atoms with van der Waals surface area (Å²) < 4.78 is 22.0. The predicted octanol–water partition coefficient (Wildman–Crippen LogP) is 3.73. The van der Waals surface area contributed by atoms with E-state index < -0.39 is 18.0 Å². The maximum atomic E-state index is 12.7. The van der Waals surface area contributed by atoms with Crippen molar-refractivity contribution in [1.82, 2.24) is 0 Å². The molecule has 2 heterocycles. The molecule has 31 heavy (non-hydrogen) atoms. The number of carbonyl (C=O) groups is 2. The lowest BCUT2D eigenvalue weighted by Crippen LogP contribution is -2.37. The normalized spacial score (nSPS) is 14.9. The second kappa shape index (κ2) is 8.47. The molecule has 3 aromatic rings. The van der Waals surface area contributed by atoms with Crippen molar-refractivity contribution in [3.63, 3.8) is 0 Å². The molecule has 7 nitrogen and oxygen atoms in total. The van der Waals surface area contributed by atoms with E-state index in [-0.39, 0.29) is 29.8 Å². The minimum Gasteiger partial charge on any atom is -0.473 e. The SMILES string of the molecule is CCOC(=O)C1=Cc2c(ccc3c(=O)cc(-c4ccccc4)oc23)OC1C(=O)OCC. The third-order valence-corrected chi connectivity index (χ3v) is 4.79. The molecule has 1 unspecified atom stereocenters. The van der Waals surface area contributed by atoms with Gasteiger partial charge in [0, 0.05) is 11.6 Å². The van der Waals surface area contributed by atoms with Crippen LogP contribution in [0.3, 0.4) is 0 Å². The fourth-order valence-corrected chi connectivity index (χ4v) is 3.40. The number of carbonyl (C=O) groups excluding carboxylic acids is 2. The van der Waals surface area contributed by atoms with Crippen molar-refractivity contribution in [2.24, 2.45) is 0 Å². The van der Waals surface area contributed by atoms with Crippen LogP contribution in [0.25, 0.3) is 28.4 Å². The van der Waals surface area contributed by atoms with Gasteiger partial charge in [-0.1, -0.05) is 30.3 Å². The average molecular weight is 420 g/mol. The summed E-state index contributed by atoms with van der Waals surface area (Å²) in [5.74, 6) is -0.728. The standard InChI is InChI=1S/C24H20O7/c1-3-28-23(26)17-12-16-19(30-22(17)24(27)29-4-2)11-10-15-18(25)13-20(31-21(15)16)14-8-6-5-7-9-14/h5-13,22H,3-4H2,1-2H3. The Hall–Kier alpha value is -3.87.